The van der Waals surface area contributed by atoms with Crippen LogP contribution in [-0.2, 0) is 11.3 Å². The minimum absolute atomic E-state index is 0.276. The lowest BCUT2D eigenvalue weighted by Gasteiger charge is -2.16. The summed E-state index contributed by atoms with van der Waals surface area (Å²) in [6.45, 7) is 3.00. The maximum atomic E-state index is 13.3. The summed E-state index contributed by atoms with van der Waals surface area (Å²) in [5, 5.41) is 0. The SMILES string of the molecule is COCCN(C)CCn1c(N)nc2ccc(F)cc21. The molecule has 0 unspecified atom stereocenters. The van der Waals surface area contributed by atoms with Crippen LogP contribution >= 0.6 is 0 Å². The van der Waals surface area contributed by atoms with Crippen LogP contribution in [0.2, 0.25) is 0 Å². The van der Waals surface area contributed by atoms with E-state index in [-0.39, 0.29) is 5.82 Å². The molecular weight excluding hydrogens is 247 g/mol. The second-order valence-electron chi connectivity index (χ2n) is 4.55. The highest BCUT2D eigenvalue weighted by Crippen LogP contribution is 2.18. The number of halogens is 1. The van der Waals surface area contributed by atoms with Gasteiger partial charge in [0, 0.05) is 26.7 Å². The third-order valence-corrected chi connectivity index (χ3v) is 3.12. The highest BCUT2D eigenvalue weighted by Gasteiger charge is 2.09. The van der Waals surface area contributed by atoms with E-state index in [1.54, 1.807) is 13.2 Å². The minimum Gasteiger partial charge on any atom is -0.383 e. The molecule has 6 heteroatoms. The van der Waals surface area contributed by atoms with Gasteiger partial charge in [0.2, 0.25) is 5.95 Å². The summed E-state index contributed by atoms with van der Waals surface area (Å²) in [7, 11) is 3.69. The smallest absolute Gasteiger partial charge is 0.201 e. The summed E-state index contributed by atoms with van der Waals surface area (Å²) < 4.78 is 20.1. The molecule has 2 N–H and O–H groups in total. The van der Waals surface area contributed by atoms with Crippen LogP contribution in [0, 0.1) is 5.82 Å². The molecular formula is C13H19FN4O. The van der Waals surface area contributed by atoms with Gasteiger partial charge in [0.05, 0.1) is 17.6 Å². The van der Waals surface area contributed by atoms with Gasteiger partial charge in [0.25, 0.3) is 0 Å². The van der Waals surface area contributed by atoms with Crippen molar-refractivity contribution in [3.8, 4) is 0 Å². The average Bonchev–Trinajstić information content (AvgIpc) is 2.69. The van der Waals surface area contributed by atoms with Gasteiger partial charge in [-0.25, -0.2) is 9.37 Å². The van der Waals surface area contributed by atoms with Crippen LogP contribution in [0.15, 0.2) is 18.2 Å². The van der Waals surface area contributed by atoms with Gasteiger partial charge in [-0.1, -0.05) is 0 Å². The van der Waals surface area contributed by atoms with E-state index in [1.807, 2.05) is 11.6 Å². The predicted molar refractivity (Wildman–Crippen MR) is 73.5 cm³/mol. The molecule has 0 atom stereocenters. The lowest BCUT2D eigenvalue weighted by molar-refractivity contribution is 0.159. The zero-order valence-electron chi connectivity index (χ0n) is 11.3. The molecule has 1 aromatic heterocycles. The van der Waals surface area contributed by atoms with E-state index in [4.69, 9.17) is 10.5 Å². The molecule has 1 aromatic carbocycles. The van der Waals surface area contributed by atoms with E-state index in [0.29, 0.717) is 19.1 Å². The number of nitrogen functional groups attached to an aromatic ring is 1. The third kappa shape index (κ3) is 3.21. The third-order valence-electron chi connectivity index (χ3n) is 3.12. The number of nitrogens with two attached hydrogens (primary N) is 1. The lowest BCUT2D eigenvalue weighted by atomic mass is 10.3. The summed E-state index contributed by atoms with van der Waals surface area (Å²) in [6.07, 6.45) is 0. The first-order valence-electron chi connectivity index (χ1n) is 6.20. The zero-order valence-corrected chi connectivity index (χ0v) is 11.3. The van der Waals surface area contributed by atoms with Crippen molar-refractivity contribution in [3.05, 3.63) is 24.0 Å². The van der Waals surface area contributed by atoms with E-state index >= 15 is 0 Å². The van der Waals surface area contributed by atoms with E-state index in [2.05, 4.69) is 9.88 Å². The number of hydrogen-bond donors (Lipinski definition) is 1. The fraction of sp³-hybridized carbons (Fsp3) is 0.462. The van der Waals surface area contributed by atoms with Gasteiger partial charge >= 0.3 is 0 Å². The Kier molecular flexibility index (Phi) is 4.34. The van der Waals surface area contributed by atoms with Gasteiger partial charge < -0.3 is 19.9 Å². The molecule has 2 rings (SSSR count). The Morgan fingerprint density at radius 2 is 2.21 bits per heavy atom. The van der Waals surface area contributed by atoms with Crippen LogP contribution in [0.1, 0.15) is 0 Å². The Balaban J connectivity index is 2.11. The number of anilines is 1. The fourth-order valence-corrected chi connectivity index (χ4v) is 1.98. The molecule has 0 aliphatic carbocycles. The summed E-state index contributed by atoms with van der Waals surface area (Å²) >= 11 is 0. The molecule has 2 aromatic rings. The van der Waals surface area contributed by atoms with Crippen LogP contribution in [0.4, 0.5) is 10.3 Å². The van der Waals surface area contributed by atoms with E-state index in [1.165, 1.54) is 12.1 Å². The van der Waals surface area contributed by atoms with Crippen molar-refractivity contribution in [2.24, 2.45) is 0 Å². The number of methoxy groups -OCH3 is 1. The first-order chi connectivity index (χ1) is 9.11. The molecule has 0 saturated carbocycles. The number of aromatic nitrogens is 2. The Bertz CT molecular complexity index is 555. The van der Waals surface area contributed by atoms with Crippen molar-refractivity contribution in [3.63, 3.8) is 0 Å². The van der Waals surface area contributed by atoms with Crippen molar-refractivity contribution in [1.82, 2.24) is 14.5 Å². The number of likely N-dealkylation sites (N-methyl/N-ethyl adjacent to an activating group) is 1. The summed E-state index contributed by atoms with van der Waals surface area (Å²) in [4.78, 5) is 6.36. The summed E-state index contributed by atoms with van der Waals surface area (Å²) in [5.74, 6) is 0.141. The van der Waals surface area contributed by atoms with Crippen molar-refractivity contribution < 1.29 is 9.13 Å². The topological polar surface area (TPSA) is 56.3 Å². The van der Waals surface area contributed by atoms with Crippen molar-refractivity contribution in [2.45, 2.75) is 6.54 Å². The molecule has 0 radical (unpaired) electrons. The summed E-state index contributed by atoms with van der Waals surface area (Å²) in [5.41, 5.74) is 7.33. The molecule has 0 aliphatic heterocycles. The molecule has 0 aliphatic rings. The Morgan fingerprint density at radius 1 is 1.42 bits per heavy atom. The molecule has 0 amide bonds. The molecule has 0 fully saturated rings. The Morgan fingerprint density at radius 3 is 2.95 bits per heavy atom. The number of imidazole rings is 1. The number of hydrogen-bond acceptors (Lipinski definition) is 4. The van der Waals surface area contributed by atoms with Gasteiger partial charge in [0.1, 0.15) is 5.82 Å². The Hall–Kier alpha value is -1.66. The Labute approximate surface area is 111 Å². The van der Waals surface area contributed by atoms with Crippen LogP contribution in [0.3, 0.4) is 0 Å². The number of rotatable bonds is 6. The van der Waals surface area contributed by atoms with Crippen LogP contribution in [0.5, 0.6) is 0 Å². The van der Waals surface area contributed by atoms with E-state index < -0.39 is 0 Å². The monoisotopic (exact) mass is 266 g/mol. The maximum Gasteiger partial charge on any atom is 0.201 e. The number of fused-ring (bicyclic) bond motifs is 1. The van der Waals surface area contributed by atoms with Crippen LogP contribution in [-0.4, -0.2) is 48.3 Å². The lowest BCUT2D eigenvalue weighted by Crippen LogP contribution is -2.27. The van der Waals surface area contributed by atoms with Crippen molar-refractivity contribution in [2.75, 3.05) is 39.6 Å². The molecule has 5 nitrogen and oxygen atoms in total. The van der Waals surface area contributed by atoms with Crippen LogP contribution < -0.4 is 5.73 Å². The molecule has 0 bridgehead atoms. The zero-order chi connectivity index (χ0) is 13.8. The number of nitrogens with zero attached hydrogens (tertiary/aromatic N) is 3. The quantitative estimate of drug-likeness (QED) is 0.857. The molecule has 0 saturated heterocycles. The summed E-state index contributed by atoms with van der Waals surface area (Å²) in [6, 6.07) is 4.50. The van der Waals surface area contributed by atoms with Gasteiger partial charge in [-0.05, 0) is 25.2 Å². The van der Waals surface area contributed by atoms with Gasteiger partial charge in [0.15, 0.2) is 0 Å². The molecule has 19 heavy (non-hydrogen) atoms. The molecule has 104 valence electrons. The highest BCUT2D eigenvalue weighted by molar-refractivity contribution is 5.78. The van der Waals surface area contributed by atoms with Crippen molar-refractivity contribution >= 4 is 17.0 Å². The van der Waals surface area contributed by atoms with Crippen molar-refractivity contribution in [1.29, 1.82) is 0 Å². The number of benzene rings is 1. The standard InChI is InChI=1S/C13H19FN4O/c1-17(7-8-19-2)5-6-18-12-9-10(14)3-4-11(12)16-13(18)15/h3-4,9H,5-8H2,1-2H3,(H2,15,16). The van der Waals surface area contributed by atoms with Gasteiger partial charge in [-0.3, -0.25) is 0 Å². The van der Waals surface area contributed by atoms with Crippen LogP contribution in [0.25, 0.3) is 11.0 Å². The average molecular weight is 266 g/mol. The first-order valence-corrected chi connectivity index (χ1v) is 6.20. The largest absolute Gasteiger partial charge is 0.383 e. The molecule has 0 spiro atoms. The second-order valence-corrected chi connectivity index (χ2v) is 4.55. The van der Waals surface area contributed by atoms with E-state index in [9.17, 15) is 4.39 Å². The number of ether oxygens (including phenoxy) is 1. The van der Waals surface area contributed by atoms with Gasteiger partial charge in [-0.15, -0.1) is 0 Å². The first kappa shape index (κ1) is 13.8. The fourth-order valence-electron chi connectivity index (χ4n) is 1.98. The highest BCUT2D eigenvalue weighted by atomic mass is 19.1. The normalized spacial score (nSPS) is 11.6. The maximum absolute atomic E-state index is 13.3. The van der Waals surface area contributed by atoms with Gasteiger partial charge in [-0.2, -0.15) is 0 Å². The van der Waals surface area contributed by atoms with E-state index in [0.717, 1.165) is 24.1 Å². The minimum atomic E-state index is -0.276. The molecule has 1 heterocycles. The second kappa shape index (κ2) is 5.99. The predicted octanol–water partition coefficient (Wildman–Crippen LogP) is 1.34.